The van der Waals surface area contributed by atoms with Crippen LogP contribution in [0.4, 0.5) is 0 Å². The number of hydrogen-bond acceptors (Lipinski definition) is 3. The molecule has 0 aromatic heterocycles. The van der Waals surface area contributed by atoms with Crippen LogP contribution in [0, 0.1) is 44.8 Å². The van der Waals surface area contributed by atoms with Crippen molar-refractivity contribution >= 4 is 35.5 Å². The van der Waals surface area contributed by atoms with Gasteiger partial charge in [0.2, 0.25) is 0 Å². The first kappa shape index (κ1) is 24.1. The van der Waals surface area contributed by atoms with Gasteiger partial charge in [0.15, 0.2) is 0 Å². The summed E-state index contributed by atoms with van der Waals surface area (Å²) in [5.74, 6) is -0.917. The number of aldehydes is 1. The standard InChI is InChI=1S/C27H38Cl2O4/c1-5-6-7-8-11-33-16-24-14-25-20(9-10-22(25,4)27(25,28)29)23(15-30)13-18(24)12-19(17(2)3)26(23,24)21(31)32/h12,15,17-18,20H,5-11,13-14,16H2,1-4H3,(H,31,32)/t18?,20-,22-,23?,24?,25+,26-/m0/s1. The van der Waals surface area contributed by atoms with Gasteiger partial charge in [0.1, 0.15) is 16.0 Å². The number of ether oxygens (including phenoxy) is 1. The zero-order valence-corrected chi connectivity index (χ0v) is 21.9. The first-order chi connectivity index (χ1) is 15.5. The van der Waals surface area contributed by atoms with Crippen LogP contribution < -0.4 is 0 Å². The first-order valence-electron chi connectivity index (χ1n) is 12.9. The van der Waals surface area contributed by atoms with Crippen LogP contribution in [0.25, 0.3) is 0 Å². The summed E-state index contributed by atoms with van der Waals surface area (Å²) < 4.78 is 5.40. The van der Waals surface area contributed by atoms with Gasteiger partial charge in [-0.15, -0.1) is 23.2 Å². The minimum atomic E-state index is -1.24. The zero-order valence-electron chi connectivity index (χ0n) is 20.4. The summed E-state index contributed by atoms with van der Waals surface area (Å²) in [5, 5.41) is 11.0. The first-order valence-corrected chi connectivity index (χ1v) is 13.6. The normalized spacial score (nSPS) is 47.9. The summed E-state index contributed by atoms with van der Waals surface area (Å²) in [6.07, 6.45) is 10.5. The summed E-state index contributed by atoms with van der Waals surface area (Å²) >= 11 is 14.1. The van der Waals surface area contributed by atoms with Gasteiger partial charge in [-0.25, -0.2) is 0 Å². The molecule has 0 radical (unpaired) electrons. The maximum atomic E-state index is 13.5. The van der Waals surface area contributed by atoms with E-state index >= 15 is 0 Å². The van der Waals surface area contributed by atoms with Gasteiger partial charge in [0, 0.05) is 22.9 Å². The van der Waals surface area contributed by atoms with Crippen molar-refractivity contribution in [2.75, 3.05) is 13.2 Å². The summed E-state index contributed by atoms with van der Waals surface area (Å²) in [4.78, 5) is 26.7. The molecule has 0 aromatic carbocycles. The highest BCUT2D eigenvalue weighted by molar-refractivity contribution is 6.52. The van der Waals surface area contributed by atoms with Crippen LogP contribution in [-0.4, -0.2) is 34.9 Å². The predicted molar refractivity (Wildman–Crippen MR) is 129 cm³/mol. The molecule has 4 nitrogen and oxygen atoms in total. The fraction of sp³-hybridized carbons (Fsp3) is 0.852. The summed E-state index contributed by atoms with van der Waals surface area (Å²) in [6, 6.07) is 0. The number of fused-ring (bicyclic) bond motifs is 1. The summed E-state index contributed by atoms with van der Waals surface area (Å²) in [7, 11) is 0. The minimum absolute atomic E-state index is 0.000741. The van der Waals surface area contributed by atoms with E-state index in [2.05, 4.69) is 33.8 Å². The number of carbonyl (C=O) groups is 2. The van der Waals surface area contributed by atoms with Crippen molar-refractivity contribution in [2.45, 2.75) is 83.4 Å². The average molecular weight is 498 g/mol. The molecule has 1 spiro atoms. The Bertz CT molecular complexity index is 914. The second-order valence-electron chi connectivity index (χ2n) is 12.2. The van der Waals surface area contributed by atoms with E-state index in [9.17, 15) is 14.7 Å². The van der Waals surface area contributed by atoms with Crippen molar-refractivity contribution < 1.29 is 19.4 Å². The molecule has 184 valence electrons. The van der Waals surface area contributed by atoms with E-state index in [1.165, 1.54) is 6.42 Å². The van der Waals surface area contributed by atoms with Crippen LogP contribution in [0.1, 0.15) is 79.1 Å². The molecule has 6 heteroatoms. The van der Waals surface area contributed by atoms with Crippen molar-refractivity contribution in [3.05, 3.63) is 11.6 Å². The lowest BCUT2D eigenvalue weighted by Gasteiger charge is -2.59. The third kappa shape index (κ3) is 2.27. The van der Waals surface area contributed by atoms with Gasteiger partial charge in [-0.3, -0.25) is 4.79 Å². The predicted octanol–water partition coefficient (Wildman–Crippen LogP) is 6.44. The van der Waals surface area contributed by atoms with Crippen LogP contribution in [0.3, 0.4) is 0 Å². The van der Waals surface area contributed by atoms with Gasteiger partial charge in [0.05, 0.1) is 12.0 Å². The minimum Gasteiger partial charge on any atom is -0.481 e. The molecule has 7 atom stereocenters. The molecule has 0 aliphatic heterocycles. The quantitative estimate of drug-likeness (QED) is 0.163. The number of halogens is 2. The molecule has 5 aliphatic carbocycles. The molecule has 0 aromatic rings. The summed E-state index contributed by atoms with van der Waals surface area (Å²) in [5.41, 5.74) is -2.69. The van der Waals surface area contributed by atoms with Crippen molar-refractivity contribution in [1.29, 1.82) is 0 Å². The summed E-state index contributed by atoms with van der Waals surface area (Å²) in [6.45, 7) is 9.43. The monoisotopic (exact) mass is 496 g/mol. The Morgan fingerprint density at radius 2 is 2.03 bits per heavy atom. The average Bonchev–Trinajstić information content (AvgIpc) is 3.11. The van der Waals surface area contributed by atoms with Crippen LogP contribution in [-0.2, 0) is 14.3 Å². The Morgan fingerprint density at radius 3 is 2.61 bits per heavy atom. The Kier molecular flexibility index (Phi) is 5.29. The Balaban J connectivity index is 1.63. The maximum Gasteiger partial charge on any atom is 0.315 e. The van der Waals surface area contributed by atoms with Crippen LogP contribution in [0.5, 0.6) is 0 Å². The number of unbranched alkanes of at least 4 members (excludes halogenated alkanes) is 3. The van der Waals surface area contributed by atoms with Crippen molar-refractivity contribution in [1.82, 2.24) is 0 Å². The maximum absolute atomic E-state index is 13.5. The number of carboxylic acid groups (broad SMARTS) is 1. The van der Waals surface area contributed by atoms with E-state index in [-0.39, 0.29) is 23.2 Å². The number of alkyl halides is 2. The molecule has 33 heavy (non-hydrogen) atoms. The second-order valence-corrected chi connectivity index (χ2v) is 13.5. The van der Waals surface area contributed by atoms with Gasteiger partial charge in [-0.2, -0.15) is 0 Å². The van der Waals surface area contributed by atoms with Gasteiger partial charge in [-0.1, -0.05) is 58.6 Å². The molecule has 4 saturated carbocycles. The number of rotatable bonds is 10. The van der Waals surface area contributed by atoms with Crippen molar-refractivity contribution in [3.63, 3.8) is 0 Å². The molecule has 0 heterocycles. The third-order valence-electron chi connectivity index (χ3n) is 11.1. The lowest BCUT2D eigenvalue weighted by Crippen LogP contribution is -2.65. The van der Waals surface area contributed by atoms with Crippen LogP contribution in [0.15, 0.2) is 11.6 Å². The number of aliphatic carboxylic acids is 1. The number of hydrogen-bond donors (Lipinski definition) is 1. The van der Waals surface area contributed by atoms with E-state index in [1.807, 2.05) is 0 Å². The molecule has 4 fully saturated rings. The molecule has 5 aliphatic rings. The third-order valence-corrected chi connectivity index (χ3v) is 12.6. The number of carboxylic acids is 1. The smallest absolute Gasteiger partial charge is 0.315 e. The van der Waals surface area contributed by atoms with E-state index < -0.39 is 32.0 Å². The van der Waals surface area contributed by atoms with Gasteiger partial charge >= 0.3 is 5.97 Å². The highest BCUT2D eigenvalue weighted by Crippen LogP contribution is 2.97. The lowest BCUT2D eigenvalue weighted by molar-refractivity contribution is -0.189. The largest absolute Gasteiger partial charge is 0.481 e. The highest BCUT2D eigenvalue weighted by Gasteiger charge is 2.98. The topological polar surface area (TPSA) is 63.6 Å². The van der Waals surface area contributed by atoms with Gasteiger partial charge in [0.25, 0.3) is 0 Å². The number of carbonyl (C=O) groups excluding carboxylic acids is 1. The lowest BCUT2D eigenvalue weighted by atomic mass is 9.42. The zero-order chi connectivity index (χ0) is 24.1. The molecular weight excluding hydrogens is 459 g/mol. The Morgan fingerprint density at radius 1 is 1.30 bits per heavy atom. The van der Waals surface area contributed by atoms with E-state index in [4.69, 9.17) is 27.9 Å². The SMILES string of the molecule is CCCCCCOCC12C[C@@]34[C@@H](CC[C@]3(C)C4(Cl)Cl)C3(C=O)CC1C=C(C(C)C)[C@@]23C(=O)O. The van der Waals surface area contributed by atoms with E-state index in [1.54, 1.807) is 0 Å². The fourth-order valence-electron chi connectivity index (χ4n) is 9.85. The van der Waals surface area contributed by atoms with Gasteiger partial charge < -0.3 is 14.6 Å². The molecule has 5 rings (SSSR count). The van der Waals surface area contributed by atoms with Crippen LogP contribution >= 0.6 is 23.2 Å². The van der Waals surface area contributed by atoms with Crippen molar-refractivity contribution in [3.8, 4) is 0 Å². The second kappa shape index (κ2) is 7.23. The number of allylic oxidation sites excluding steroid dienone is 1. The molecule has 4 bridgehead atoms. The van der Waals surface area contributed by atoms with Crippen LogP contribution in [0.2, 0.25) is 0 Å². The van der Waals surface area contributed by atoms with Gasteiger partial charge in [-0.05, 0) is 49.9 Å². The molecule has 1 N–H and O–H groups in total. The Labute approximate surface area is 207 Å². The van der Waals surface area contributed by atoms with E-state index in [0.717, 1.165) is 44.0 Å². The molecule has 0 amide bonds. The van der Waals surface area contributed by atoms with E-state index in [0.29, 0.717) is 26.1 Å². The molecule has 0 saturated heterocycles. The van der Waals surface area contributed by atoms with Crippen molar-refractivity contribution in [2.24, 2.45) is 44.8 Å². The molecule has 3 unspecified atom stereocenters. The highest BCUT2D eigenvalue weighted by atomic mass is 35.5. The molecular formula is C27H38Cl2O4. The fourth-order valence-corrected chi connectivity index (χ4v) is 11.1. The Hall–Kier alpha value is -0.580.